The summed E-state index contributed by atoms with van der Waals surface area (Å²) in [7, 11) is 2.66. The van der Waals surface area contributed by atoms with E-state index < -0.39 is 18.1 Å². The zero-order chi connectivity index (χ0) is 14.4. The molecule has 101 valence electrons. The predicted molar refractivity (Wildman–Crippen MR) is 67.3 cm³/mol. The van der Waals surface area contributed by atoms with E-state index in [9.17, 15) is 14.4 Å². The standard InChI is InChI=1S/C12H14N3O4/c1-13-11(18)15(2)12(19)14-10(7-16)8-3-5-9(17)6-4-8/h3-6,10,17H,1-2H3,(H,13,18)(H,14,19). The van der Waals surface area contributed by atoms with Gasteiger partial charge in [-0.05, 0) is 17.7 Å². The van der Waals surface area contributed by atoms with E-state index in [0.717, 1.165) is 4.90 Å². The van der Waals surface area contributed by atoms with Gasteiger partial charge in [0.1, 0.15) is 11.8 Å². The minimum Gasteiger partial charge on any atom is -0.508 e. The fourth-order valence-corrected chi connectivity index (χ4v) is 1.33. The molecule has 1 rings (SSSR count). The SMILES string of the molecule is CNC(=O)N(C)C(=O)NC([C]=O)c1ccc(O)cc1. The summed E-state index contributed by atoms with van der Waals surface area (Å²) >= 11 is 0. The van der Waals surface area contributed by atoms with Gasteiger partial charge in [0.2, 0.25) is 6.29 Å². The molecule has 7 heteroatoms. The van der Waals surface area contributed by atoms with Gasteiger partial charge in [-0.2, -0.15) is 0 Å². The number of hydrogen-bond acceptors (Lipinski definition) is 4. The first-order chi connectivity index (χ1) is 8.99. The summed E-state index contributed by atoms with van der Waals surface area (Å²) in [6, 6.07) is 3.37. The van der Waals surface area contributed by atoms with Gasteiger partial charge in [-0.25, -0.2) is 14.5 Å². The number of phenolic OH excluding ortho intramolecular Hbond substituents is 1. The van der Waals surface area contributed by atoms with E-state index in [0.29, 0.717) is 5.56 Å². The fraction of sp³-hybridized carbons (Fsp3) is 0.250. The van der Waals surface area contributed by atoms with E-state index in [1.807, 2.05) is 0 Å². The third kappa shape index (κ3) is 3.70. The number of aromatic hydroxyl groups is 1. The van der Waals surface area contributed by atoms with Crippen molar-refractivity contribution in [1.82, 2.24) is 15.5 Å². The lowest BCUT2D eigenvalue weighted by molar-refractivity contribution is 0.194. The summed E-state index contributed by atoms with van der Waals surface area (Å²) in [6.45, 7) is 0. The summed E-state index contributed by atoms with van der Waals surface area (Å²) in [4.78, 5) is 34.6. The molecule has 3 N–H and O–H groups in total. The first-order valence-corrected chi connectivity index (χ1v) is 5.42. The molecule has 1 atom stereocenters. The van der Waals surface area contributed by atoms with Crippen molar-refractivity contribution >= 4 is 18.3 Å². The molecule has 0 heterocycles. The van der Waals surface area contributed by atoms with Gasteiger partial charge in [0.15, 0.2) is 0 Å². The predicted octanol–water partition coefficient (Wildman–Crippen LogP) is 0.524. The molecule has 1 aromatic rings. The number of imide groups is 1. The lowest BCUT2D eigenvalue weighted by Crippen LogP contribution is -2.46. The van der Waals surface area contributed by atoms with Crippen molar-refractivity contribution in [2.45, 2.75) is 6.04 Å². The number of rotatable bonds is 3. The fourth-order valence-electron chi connectivity index (χ4n) is 1.33. The first-order valence-electron chi connectivity index (χ1n) is 5.42. The van der Waals surface area contributed by atoms with Crippen molar-refractivity contribution in [3.05, 3.63) is 29.8 Å². The normalized spacial score (nSPS) is 11.3. The first kappa shape index (κ1) is 14.5. The second kappa shape index (κ2) is 6.39. The minimum absolute atomic E-state index is 0.0437. The highest BCUT2D eigenvalue weighted by atomic mass is 16.3. The largest absolute Gasteiger partial charge is 0.508 e. The molecule has 0 aliphatic carbocycles. The molecule has 0 aliphatic rings. The van der Waals surface area contributed by atoms with Crippen LogP contribution in [0.4, 0.5) is 9.59 Å². The van der Waals surface area contributed by atoms with Crippen molar-refractivity contribution in [1.29, 1.82) is 0 Å². The smallest absolute Gasteiger partial charge is 0.326 e. The Morgan fingerprint density at radius 3 is 2.32 bits per heavy atom. The maximum absolute atomic E-state index is 11.7. The van der Waals surface area contributed by atoms with Crippen LogP contribution in [0.3, 0.4) is 0 Å². The van der Waals surface area contributed by atoms with Gasteiger partial charge in [0, 0.05) is 14.1 Å². The summed E-state index contributed by atoms with van der Waals surface area (Å²) in [5.41, 5.74) is 0.450. The average molecular weight is 264 g/mol. The molecule has 0 saturated carbocycles. The zero-order valence-corrected chi connectivity index (χ0v) is 10.5. The number of phenols is 1. The summed E-state index contributed by atoms with van der Waals surface area (Å²) < 4.78 is 0. The molecule has 19 heavy (non-hydrogen) atoms. The number of hydrogen-bond donors (Lipinski definition) is 3. The Kier molecular flexibility index (Phi) is 4.87. The number of nitrogens with zero attached hydrogens (tertiary/aromatic N) is 1. The molecule has 1 unspecified atom stereocenters. The number of amides is 4. The Bertz CT molecular complexity index is 472. The van der Waals surface area contributed by atoms with Crippen molar-refractivity contribution in [3.8, 4) is 5.75 Å². The van der Waals surface area contributed by atoms with E-state index in [-0.39, 0.29) is 5.75 Å². The molecule has 1 aromatic carbocycles. The minimum atomic E-state index is -1.01. The van der Waals surface area contributed by atoms with E-state index in [1.54, 1.807) is 6.29 Å². The van der Waals surface area contributed by atoms with Gasteiger partial charge in [-0.15, -0.1) is 0 Å². The lowest BCUT2D eigenvalue weighted by atomic mass is 10.1. The van der Waals surface area contributed by atoms with Crippen molar-refractivity contribution < 1.29 is 19.5 Å². The Hall–Kier alpha value is -2.57. The molecule has 0 aromatic heterocycles. The molecule has 0 fully saturated rings. The molecule has 0 aliphatic heterocycles. The van der Waals surface area contributed by atoms with Gasteiger partial charge in [0.25, 0.3) is 0 Å². The number of carbonyl (C=O) groups is 2. The van der Waals surface area contributed by atoms with Crippen molar-refractivity contribution in [2.24, 2.45) is 0 Å². The Morgan fingerprint density at radius 1 is 1.26 bits per heavy atom. The van der Waals surface area contributed by atoms with Crippen LogP contribution in [0.25, 0.3) is 0 Å². The van der Waals surface area contributed by atoms with Crippen LogP contribution in [-0.4, -0.2) is 42.5 Å². The van der Waals surface area contributed by atoms with Crippen LogP contribution >= 0.6 is 0 Å². The van der Waals surface area contributed by atoms with Crippen LogP contribution in [0.2, 0.25) is 0 Å². The summed E-state index contributed by atoms with van der Waals surface area (Å²) in [5, 5.41) is 13.8. The highest BCUT2D eigenvalue weighted by Gasteiger charge is 2.20. The average Bonchev–Trinajstić information content (AvgIpc) is 2.43. The van der Waals surface area contributed by atoms with Gasteiger partial charge in [-0.1, -0.05) is 12.1 Å². The monoisotopic (exact) mass is 264 g/mol. The topological polar surface area (TPSA) is 98.7 Å². The second-order valence-electron chi connectivity index (χ2n) is 3.71. The van der Waals surface area contributed by atoms with Gasteiger partial charge in [-0.3, -0.25) is 4.79 Å². The van der Waals surface area contributed by atoms with Gasteiger partial charge in [0.05, 0.1) is 0 Å². The molecule has 0 spiro atoms. The van der Waals surface area contributed by atoms with Crippen LogP contribution in [0.15, 0.2) is 24.3 Å². The zero-order valence-electron chi connectivity index (χ0n) is 10.5. The molecule has 0 saturated heterocycles. The number of urea groups is 2. The van der Waals surface area contributed by atoms with Crippen LogP contribution in [0, 0.1) is 0 Å². The molecule has 7 nitrogen and oxygen atoms in total. The van der Waals surface area contributed by atoms with Crippen LogP contribution < -0.4 is 10.6 Å². The van der Waals surface area contributed by atoms with Gasteiger partial charge < -0.3 is 15.7 Å². The van der Waals surface area contributed by atoms with E-state index in [4.69, 9.17) is 5.11 Å². The van der Waals surface area contributed by atoms with Crippen molar-refractivity contribution in [2.75, 3.05) is 14.1 Å². The van der Waals surface area contributed by atoms with E-state index in [1.165, 1.54) is 38.4 Å². The quantitative estimate of drug-likeness (QED) is 0.741. The molecule has 4 amide bonds. The molecule has 1 radical (unpaired) electrons. The van der Waals surface area contributed by atoms with Gasteiger partial charge >= 0.3 is 12.1 Å². The molecular weight excluding hydrogens is 250 g/mol. The Labute approximate surface area is 110 Å². The lowest BCUT2D eigenvalue weighted by Gasteiger charge is -2.18. The maximum Gasteiger partial charge on any atom is 0.326 e. The van der Waals surface area contributed by atoms with Crippen LogP contribution in [-0.2, 0) is 4.79 Å². The van der Waals surface area contributed by atoms with Crippen molar-refractivity contribution in [3.63, 3.8) is 0 Å². The molecular formula is C12H14N3O4. The molecule has 0 bridgehead atoms. The summed E-state index contributed by atoms with van der Waals surface area (Å²) in [5.74, 6) is 0.0437. The maximum atomic E-state index is 11.7. The third-order valence-electron chi connectivity index (χ3n) is 2.44. The highest BCUT2D eigenvalue weighted by Crippen LogP contribution is 2.15. The number of nitrogens with one attached hydrogen (secondary N) is 2. The second-order valence-corrected chi connectivity index (χ2v) is 3.71. The van der Waals surface area contributed by atoms with Crippen LogP contribution in [0.1, 0.15) is 11.6 Å². The Balaban J connectivity index is 2.77. The number of benzene rings is 1. The Morgan fingerprint density at radius 2 is 1.84 bits per heavy atom. The van der Waals surface area contributed by atoms with E-state index in [2.05, 4.69) is 10.6 Å². The number of carbonyl (C=O) groups excluding carboxylic acids is 3. The van der Waals surface area contributed by atoms with E-state index >= 15 is 0 Å². The highest BCUT2D eigenvalue weighted by molar-refractivity contribution is 5.94. The summed E-state index contributed by atoms with van der Waals surface area (Å²) in [6.07, 6.45) is 1.66. The third-order valence-corrected chi connectivity index (χ3v) is 2.44. The van der Waals surface area contributed by atoms with Crippen LogP contribution in [0.5, 0.6) is 5.75 Å².